The summed E-state index contributed by atoms with van der Waals surface area (Å²) in [5.41, 5.74) is 0.764. The van der Waals surface area contributed by atoms with Crippen molar-refractivity contribution in [1.29, 1.82) is 0 Å². The fraction of sp³-hybridized carbons (Fsp3) is 0.417. The van der Waals surface area contributed by atoms with Crippen molar-refractivity contribution in [3.05, 3.63) is 34.9 Å². The predicted molar refractivity (Wildman–Crippen MR) is 61.3 cm³/mol. The number of benzene rings is 1. The molecule has 1 aliphatic heterocycles. The zero-order valence-corrected chi connectivity index (χ0v) is 9.42. The molecule has 1 N–H and O–H groups in total. The molecule has 2 nitrogen and oxygen atoms in total. The van der Waals surface area contributed by atoms with Gasteiger partial charge in [-0.25, -0.2) is 0 Å². The van der Waals surface area contributed by atoms with Gasteiger partial charge in [-0.15, -0.1) is 0 Å². The van der Waals surface area contributed by atoms with Gasteiger partial charge in [-0.05, 0) is 36.7 Å². The third kappa shape index (κ3) is 2.21. The fourth-order valence-electron chi connectivity index (χ4n) is 1.99. The molecule has 15 heavy (non-hydrogen) atoms. The molecule has 0 saturated carbocycles. The van der Waals surface area contributed by atoms with E-state index in [0.717, 1.165) is 18.7 Å². The minimum absolute atomic E-state index is 0.117. The largest absolute Gasteiger partial charge is 0.316 e. The van der Waals surface area contributed by atoms with Gasteiger partial charge in [0.05, 0.1) is 0 Å². The Balaban J connectivity index is 2.17. The van der Waals surface area contributed by atoms with Gasteiger partial charge in [-0.1, -0.05) is 18.5 Å². The third-order valence-corrected chi connectivity index (χ3v) is 3.23. The van der Waals surface area contributed by atoms with Crippen LogP contribution in [0.2, 0.25) is 5.02 Å². The van der Waals surface area contributed by atoms with Crippen molar-refractivity contribution in [2.75, 3.05) is 13.1 Å². The van der Waals surface area contributed by atoms with Gasteiger partial charge in [-0.2, -0.15) is 0 Å². The minimum Gasteiger partial charge on any atom is -0.316 e. The van der Waals surface area contributed by atoms with Crippen LogP contribution in [-0.2, 0) is 0 Å². The molecule has 0 aliphatic carbocycles. The molecule has 0 aromatic heterocycles. The molecule has 1 fully saturated rings. The molecule has 1 aliphatic rings. The van der Waals surface area contributed by atoms with Gasteiger partial charge in [0.15, 0.2) is 5.78 Å². The van der Waals surface area contributed by atoms with Crippen LogP contribution in [0.3, 0.4) is 0 Å². The minimum atomic E-state index is 0.117. The van der Waals surface area contributed by atoms with Crippen molar-refractivity contribution in [1.82, 2.24) is 5.32 Å². The van der Waals surface area contributed by atoms with Crippen LogP contribution in [0.4, 0.5) is 0 Å². The van der Waals surface area contributed by atoms with E-state index in [0.29, 0.717) is 10.9 Å². The van der Waals surface area contributed by atoms with Gasteiger partial charge in [0.1, 0.15) is 0 Å². The highest BCUT2D eigenvalue weighted by Gasteiger charge is 2.29. The molecule has 80 valence electrons. The van der Waals surface area contributed by atoms with Crippen LogP contribution in [-0.4, -0.2) is 18.9 Å². The van der Waals surface area contributed by atoms with Crippen molar-refractivity contribution in [3.8, 4) is 0 Å². The lowest BCUT2D eigenvalue weighted by molar-refractivity contribution is 0.0908. The van der Waals surface area contributed by atoms with E-state index in [-0.39, 0.29) is 11.7 Å². The van der Waals surface area contributed by atoms with Gasteiger partial charge >= 0.3 is 0 Å². The Morgan fingerprint density at radius 3 is 2.53 bits per heavy atom. The number of Topliss-reactive ketones (excluding diaryl/α,β-unsaturated/α-hetero) is 1. The fourth-order valence-corrected chi connectivity index (χ4v) is 2.12. The maximum absolute atomic E-state index is 12.1. The molecule has 0 radical (unpaired) electrons. The molecule has 1 heterocycles. The molecule has 2 rings (SSSR count). The molecule has 0 spiro atoms. The summed E-state index contributed by atoms with van der Waals surface area (Å²) >= 11 is 5.78. The van der Waals surface area contributed by atoms with Crippen LogP contribution in [0.15, 0.2) is 24.3 Å². The summed E-state index contributed by atoms with van der Waals surface area (Å²) in [5.74, 6) is 0.767. The van der Waals surface area contributed by atoms with Gasteiger partial charge in [0, 0.05) is 23.0 Å². The first-order chi connectivity index (χ1) is 7.18. The van der Waals surface area contributed by atoms with Crippen LogP contribution in [0.25, 0.3) is 0 Å². The standard InChI is InChI=1S/C12H14ClNO/c1-8-6-14-7-11(8)12(15)9-2-4-10(13)5-3-9/h2-5,8,11,14H,6-7H2,1H3. The number of carbonyl (C=O) groups excluding carboxylic acids is 1. The molecule has 2 atom stereocenters. The second kappa shape index (κ2) is 4.33. The first-order valence-electron chi connectivity index (χ1n) is 5.19. The van der Waals surface area contributed by atoms with E-state index in [9.17, 15) is 4.79 Å². The van der Waals surface area contributed by atoms with Crippen LogP contribution in [0.1, 0.15) is 17.3 Å². The lowest BCUT2D eigenvalue weighted by atomic mass is 9.90. The first-order valence-corrected chi connectivity index (χ1v) is 5.57. The Kier molecular flexibility index (Phi) is 3.08. The molecule has 2 unspecified atom stereocenters. The zero-order chi connectivity index (χ0) is 10.8. The quantitative estimate of drug-likeness (QED) is 0.780. The van der Waals surface area contributed by atoms with Crippen LogP contribution in [0, 0.1) is 11.8 Å². The lowest BCUT2D eigenvalue weighted by Crippen LogP contribution is -2.21. The lowest BCUT2D eigenvalue weighted by Gasteiger charge is -2.12. The van der Waals surface area contributed by atoms with E-state index in [1.807, 2.05) is 0 Å². The topological polar surface area (TPSA) is 29.1 Å². The molecule has 1 saturated heterocycles. The van der Waals surface area contributed by atoms with Crippen molar-refractivity contribution in [2.45, 2.75) is 6.92 Å². The van der Waals surface area contributed by atoms with E-state index in [1.54, 1.807) is 24.3 Å². The zero-order valence-electron chi connectivity index (χ0n) is 8.66. The predicted octanol–water partition coefficient (Wildman–Crippen LogP) is 2.38. The normalized spacial score (nSPS) is 25.5. The molecule has 3 heteroatoms. The molecule has 1 aromatic carbocycles. The summed E-state index contributed by atoms with van der Waals surface area (Å²) in [4.78, 5) is 12.1. The van der Waals surface area contributed by atoms with E-state index < -0.39 is 0 Å². The number of ketones is 1. The van der Waals surface area contributed by atoms with Crippen LogP contribution in [0.5, 0.6) is 0 Å². The van der Waals surface area contributed by atoms with Crippen molar-refractivity contribution in [3.63, 3.8) is 0 Å². The summed E-state index contributed by atoms with van der Waals surface area (Å²) in [7, 11) is 0. The maximum atomic E-state index is 12.1. The van der Waals surface area contributed by atoms with E-state index in [4.69, 9.17) is 11.6 Å². The average molecular weight is 224 g/mol. The van der Waals surface area contributed by atoms with Crippen molar-refractivity contribution < 1.29 is 4.79 Å². The van der Waals surface area contributed by atoms with E-state index in [2.05, 4.69) is 12.2 Å². The number of hydrogen-bond donors (Lipinski definition) is 1. The molecule has 0 amide bonds. The Morgan fingerprint density at radius 1 is 1.33 bits per heavy atom. The van der Waals surface area contributed by atoms with Crippen LogP contribution < -0.4 is 5.32 Å². The Hall–Kier alpha value is -0.860. The Bertz CT molecular complexity index is 360. The average Bonchev–Trinajstić information content (AvgIpc) is 2.65. The van der Waals surface area contributed by atoms with Crippen LogP contribution >= 0.6 is 11.6 Å². The summed E-state index contributed by atoms with van der Waals surface area (Å²) < 4.78 is 0. The monoisotopic (exact) mass is 223 g/mol. The third-order valence-electron chi connectivity index (χ3n) is 2.98. The highest BCUT2D eigenvalue weighted by atomic mass is 35.5. The van der Waals surface area contributed by atoms with Gasteiger partial charge in [0.2, 0.25) is 0 Å². The number of carbonyl (C=O) groups is 1. The van der Waals surface area contributed by atoms with Gasteiger partial charge in [-0.3, -0.25) is 4.79 Å². The summed E-state index contributed by atoms with van der Waals surface area (Å²) in [6.07, 6.45) is 0. The smallest absolute Gasteiger partial charge is 0.167 e. The summed E-state index contributed by atoms with van der Waals surface area (Å²) in [5, 5.41) is 3.91. The molecule has 0 bridgehead atoms. The molecular formula is C12H14ClNO. The molecule has 1 aromatic rings. The maximum Gasteiger partial charge on any atom is 0.167 e. The van der Waals surface area contributed by atoms with Crippen molar-refractivity contribution >= 4 is 17.4 Å². The van der Waals surface area contributed by atoms with E-state index in [1.165, 1.54) is 0 Å². The number of rotatable bonds is 2. The first kappa shape index (κ1) is 10.7. The SMILES string of the molecule is CC1CNCC1C(=O)c1ccc(Cl)cc1. The molecular weight excluding hydrogens is 210 g/mol. The number of nitrogens with one attached hydrogen (secondary N) is 1. The highest BCUT2D eigenvalue weighted by molar-refractivity contribution is 6.30. The van der Waals surface area contributed by atoms with E-state index >= 15 is 0 Å². The van der Waals surface area contributed by atoms with Crippen molar-refractivity contribution in [2.24, 2.45) is 11.8 Å². The second-order valence-electron chi connectivity index (χ2n) is 4.11. The summed E-state index contributed by atoms with van der Waals surface area (Å²) in [6, 6.07) is 7.13. The van der Waals surface area contributed by atoms with Gasteiger partial charge in [0.25, 0.3) is 0 Å². The highest BCUT2D eigenvalue weighted by Crippen LogP contribution is 2.21. The van der Waals surface area contributed by atoms with Gasteiger partial charge < -0.3 is 5.32 Å². The summed E-state index contributed by atoms with van der Waals surface area (Å²) in [6.45, 7) is 3.84. The second-order valence-corrected chi connectivity index (χ2v) is 4.55. The Labute approximate surface area is 94.6 Å². The Morgan fingerprint density at radius 2 is 2.00 bits per heavy atom. The number of hydrogen-bond acceptors (Lipinski definition) is 2. The number of halogens is 1.